The Morgan fingerprint density at radius 1 is 0.591 bits per heavy atom. The Labute approximate surface area is 122 Å². The average Bonchev–Trinajstić information content (AvgIpc) is 2.50. The lowest BCUT2D eigenvalue weighted by molar-refractivity contribution is 0.111. The molecular formula is C14H10O8. The van der Waals surface area contributed by atoms with Crippen LogP contribution in [0.1, 0.15) is 20.7 Å². The zero-order valence-electron chi connectivity index (χ0n) is 10.8. The number of hydrogen-bond donors (Lipinski definition) is 6. The fourth-order valence-electron chi connectivity index (χ4n) is 2.04. The molecule has 0 saturated heterocycles. The van der Waals surface area contributed by atoms with Crippen LogP contribution in [0.25, 0.3) is 11.1 Å². The maximum Gasteiger partial charge on any atom is 0.200 e. The standard InChI is InChI=1S/C14H10O8/c15-3-5-1-7(17)11(19)13(21)9(5)10-6(4-16)2-8(18)12(20)14(10)22/h1-4,17-22H. The largest absolute Gasteiger partial charge is 0.504 e. The molecule has 2 aromatic carbocycles. The van der Waals surface area contributed by atoms with Crippen LogP contribution in [0.5, 0.6) is 34.5 Å². The van der Waals surface area contributed by atoms with E-state index in [1.54, 1.807) is 0 Å². The number of phenolic OH excluding ortho intramolecular Hbond substituents is 6. The Kier molecular flexibility index (Phi) is 3.52. The van der Waals surface area contributed by atoms with Gasteiger partial charge in [0.05, 0.1) is 0 Å². The molecule has 0 aliphatic carbocycles. The first kappa shape index (κ1) is 15.0. The topological polar surface area (TPSA) is 156 Å². The Hall–Kier alpha value is -3.42. The molecule has 0 aliphatic rings. The molecular weight excluding hydrogens is 296 g/mol. The van der Waals surface area contributed by atoms with Gasteiger partial charge in [-0.15, -0.1) is 0 Å². The van der Waals surface area contributed by atoms with Crippen LogP contribution in [0.4, 0.5) is 0 Å². The van der Waals surface area contributed by atoms with Crippen molar-refractivity contribution >= 4 is 12.6 Å². The predicted octanol–water partition coefficient (Wildman–Crippen LogP) is 1.21. The summed E-state index contributed by atoms with van der Waals surface area (Å²) in [7, 11) is 0. The molecule has 114 valence electrons. The quantitative estimate of drug-likeness (QED) is 0.365. The fraction of sp³-hybridized carbons (Fsp3) is 0. The lowest BCUT2D eigenvalue weighted by atomic mass is 9.93. The highest BCUT2D eigenvalue weighted by atomic mass is 16.3. The summed E-state index contributed by atoms with van der Waals surface area (Å²) in [5, 5.41) is 57.7. The monoisotopic (exact) mass is 306 g/mol. The van der Waals surface area contributed by atoms with Gasteiger partial charge in [-0.2, -0.15) is 0 Å². The molecule has 8 nitrogen and oxygen atoms in total. The molecule has 6 N–H and O–H groups in total. The van der Waals surface area contributed by atoms with Gasteiger partial charge in [-0.25, -0.2) is 0 Å². The lowest BCUT2D eigenvalue weighted by Gasteiger charge is -2.15. The van der Waals surface area contributed by atoms with Crippen molar-refractivity contribution in [3.05, 3.63) is 23.3 Å². The molecule has 0 aliphatic heterocycles. The molecule has 0 heterocycles. The third kappa shape index (κ3) is 2.03. The highest BCUT2D eigenvalue weighted by molar-refractivity contribution is 6.01. The summed E-state index contributed by atoms with van der Waals surface area (Å²) >= 11 is 0. The minimum Gasteiger partial charge on any atom is -0.504 e. The van der Waals surface area contributed by atoms with Gasteiger partial charge in [-0.1, -0.05) is 0 Å². The van der Waals surface area contributed by atoms with Crippen LogP contribution in [-0.2, 0) is 0 Å². The molecule has 0 atom stereocenters. The van der Waals surface area contributed by atoms with Gasteiger partial charge in [0.15, 0.2) is 35.6 Å². The number of phenols is 6. The van der Waals surface area contributed by atoms with Gasteiger partial charge < -0.3 is 30.6 Å². The normalized spacial score (nSPS) is 10.4. The zero-order chi connectivity index (χ0) is 16.6. The molecule has 2 aromatic rings. The van der Waals surface area contributed by atoms with E-state index in [1.165, 1.54) is 0 Å². The van der Waals surface area contributed by atoms with E-state index in [0.29, 0.717) is 0 Å². The minimum absolute atomic E-state index is 0.201. The third-order valence-corrected chi connectivity index (χ3v) is 3.07. The zero-order valence-corrected chi connectivity index (χ0v) is 10.8. The second-order valence-electron chi connectivity index (χ2n) is 4.35. The highest BCUT2D eigenvalue weighted by Crippen LogP contribution is 2.51. The number of benzene rings is 2. The van der Waals surface area contributed by atoms with E-state index in [2.05, 4.69) is 0 Å². The van der Waals surface area contributed by atoms with E-state index in [0.717, 1.165) is 12.1 Å². The van der Waals surface area contributed by atoms with E-state index in [1.807, 2.05) is 0 Å². The Morgan fingerprint density at radius 2 is 0.909 bits per heavy atom. The van der Waals surface area contributed by atoms with Crippen LogP contribution in [-0.4, -0.2) is 43.2 Å². The molecule has 0 saturated carbocycles. The minimum atomic E-state index is -0.982. The first-order chi connectivity index (χ1) is 10.3. The van der Waals surface area contributed by atoms with Crippen molar-refractivity contribution in [2.75, 3.05) is 0 Å². The Morgan fingerprint density at radius 3 is 1.18 bits per heavy atom. The third-order valence-electron chi connectivity index (χ3n) is 3.07. The summed E-state index contributed by atoms with van der Waals surface area (Å²) in [4.78, 5) is 22.2. The predicted molar refractivity (Wildman–Crippen MR) is 72.6 cm³/mol. The van der Waals surface area contributed by atoms with Gasteiger partial charge in [0, 0.05) is 22.3 Å². The van der Waals surface area contributed by atoms with Crippen molar-refractivity contribution in [3.63, 3.8) is 0 Å². The molecule has 0 fully saturated rings. The van der Waals surface area contributed by atoms with Gasteiger partial charge in [-0.05, 0) is 12.1 Å². The SMILES string of the molecule is O=Cc1cc(O)c(O)c(O)c1-c1c(C=O)cc(O)c(O)c1O. The number of carbonyl (C=O) groups is 2. The van der Waals surface area contributed by atoms with Crippen molar-refractivity contribution < 1.29 is 40.2 Å². The van der Waals surface area contributed by atoms with Crippen molar-refractivity contribution in [3.8, 4) is 45.6 Å². The van der Waals surface area contributed by atoms with Gasteiger partial charge in [0.2, 0.25) is 11.5 Å². The number of carbonyl (C=O) groups excluding carboxylic acids is 2. The molecule has 2 rings (SSSR count). The smallest absolute Gasteiger partial charge is 0.200 e. The number of hydrogen-bond acceptors (Lipinski definition) is 8. The molecule has 0 bridgehead atoms. The van der Waals surface area contributed by atoms with E-state index in [-0.39, 0.29) is 23.7 Å². The van der Waals surface area contributed by atoms with Gasteiger partial charge >= 0.3 is 0 Å². The highest BCUT2D eigenvalue weighted by Gasteiger charge is 2.26. The van der Waals surface area contributed by atoms with E-state index in [4.69, 9.17) is 0 Å². The summed E-state index contributed by atoms with van der Waals surface area (Å²) in [6.45, 7) is 0. The number of rotatable bonds is 3. The van der Waals surface area contributed by atoms with Crippen molar-refractivity contribution in [1.82, 2.24) is 0 Å². The van der Waals surface area contributed by atoms with Gasteiger partial charge in [0.1, 0.15) is 0 Å². The van der Waals surface area contributed by atoms with Crippen LogP contribution in [0.15, 0.2) is 12.1 Å². The Balaban J connectivity index is 3.00. The number of aromatic hydroxyl groups is 6. The van der Waals surface area contributed by atoms with Crippen LogP contribution >= 0.6 is 0 Å². The molecule has 0 amide bonds. The Bertz CT molecular complexity index is 727. The molecule has 0 radical (unpaired) electrons. The van der Waals surface area contributed by atoms with Crippen molar-refractivity contribution in [2.45, 2.75) is 0 Å². The van der Waals surface area contributed by atoms with Crippen LogP contribution < -0.4 is 0 Å². The van der Waals surface area contributed by atoms with Crippen LogP contribution in [0.3, 0.4) is 0 Å². The fourth-order valence-corrected chi connectivity index (χ4v) is 2.04. The maximum atomic E-state index is 11.1. The summed E-state index contributed by atoms with van der Waals surface area (Å²) in [6, 6.07) is 1.60. The first-order valence-corrected chi connectivity index (χ1v) is 5.80. The van der Waals surface area contributed by atoms with E-state index in [9.17, 15) is 40.2 Å². The second-order valence-corrected chi connectivity index (χ2v) is 4.35. The summed E-state index contributed by atoms with van der Waals surface area (Å²) < 4.78 is 0. The maximum absolute atomic E-state index is 11.1. The average molecular weight is 306 g/mol. The second kappa shape index (κ2) is 5.17. The first-order valence-electron chi connectivity index (χ1n) is 5.80. The molecule has 8 heteroatoms. The summed E-state index contributed by atoms with van der Waals surface area (Å²) in [5.41, 5.74) is -1.70. The van der Waals surface area contributed by atoms with Crippen molar-refractivity contribution in [1.29, 1.82) is 0 Å². The summed E-state index contributed by atoms with van der Waals surface area (Å²) in [5.74, 6) is -5.51. The van der Waals surface area contributed by atoms with E-state index < -0.39 is 45.6 Å². The number of aldehydes is 2. The van der Waals surface area contributed by atoms with E-state index >= 15 is 0 Å². The van der Waals surface area contributed by atoms with Gasteiger partial charge in [0.25, 0.3) is 0 Å². The molecule has 0 aromatic heterocycles. The molecule has 22 heavy (non-hydrogen) atoms. The van der Waals surface area contributed by atoms with Crippen LogP contribution in [0, 0.1) is 0 Å². The van der Waals surface area contributed by atoms with Gasteiger partial charge in [-0.3, -0.25) is 9.59 Å². The lowest BCUT2D eigenvalue weighted by Crippen LogP contribution is -1.95. The van der Waals surface area contributed by atoms with Crippen LogP contribution in [0.2, 0.25) is 0 Å². The summed E-state index contributed by atoms with van der Waals surface area (Å²) in [6.07, 6.45) is 0.401. The molecule has 0 unspecified atom stereocenters. The molecule has 0 spiro atoms. The van der Waals surface area contributed by atoms with Crippen molar-refractivity contribution in [2.24, 2.45) is 0 Å².